The van der Waals surface area contributed by atoms with Crippen LogP contribution >= 0.6 is 0 Å². The van der Waals surface area contributed by atoms with Crippen LogP contribution in [0, 0.1) is 5.92 Å². The summed E-state index contributed by atoms with van der Waals surface area (Å²) in [5.74, 6) is 0.290. The summed E-state index contributed by atoms with van der Waals surface area (Å²) in [6.45, 7) is 3.14. The van der Waals surface area contributed by atoms with Crippen LogP contribution in [0.4, 0.5) is 5.69 Å². The van der Waals surface area contributed by atoms with E-state index in [2.05, 4.69) is 5.32 Å². The van der Waals surface area contributed by atoms with Crippen LogP contribution in [0.2, 0.25) is 0 Å². The third-order valence-electron chi connectivity index (χ3n) is 2.45. The molecular formula is C13H20N2O2. The lowest BCUT2D eigenvalue weighted by molar-refractivity contribution is -0.122. The molecule has 0 radical (unpaired) electrons. The van der Waals surface area contributed by atoms with Gasteiger partial charge in [0.2, 0.25) is 5.91 Å². The summed E-state index contributed by atoms with van der Waals surface area (Å²) in [5.41, 5.74) is 7.36. The predicted molar refractivity (Wildman–Crippen MR) is 68.4 cm³/mol. The Morgan fingerprint density at radius 2 is 2.06 bits per heavy atom. The minimum absolute atomic E-state index is 0.0476. The van der Waals surface area contributed by atoms with Crippen molar-refractivity contribution in [1.82, 2.24) is 5.32 Å². The van der Waals surface area contributed by atoms with E-state index in [1.807, 2.05) is 31.2 Å². The van der Waals surface area contributed by atoms with Gasteiger partial charge in [-0.25, -0.2) is 0 Å². The number of nitrogens with two attached hydrogens (primary N) is 1. The van der Waals surface area contributed by atoms with E-state index in [4.69, 9.17) is 10.5 Å². The smallest absolute Gasteiger partial charge is 0.220 e. The zero-order valence-corrected chi connectivity index (χ0v) is 10.4. The Bertz CT molecular complexity index is 349. The van der Waals surface area contributed by atoms with Crippen molar-refractivity contribution in [2.24, 2.45) is 5.92 Å². The summed E-state index contributed by atoms with van der Waals surface area (Å²) in [7, 11) is 1.64. The van der Waals surface area contributed by atoms with E-state index in [9.17, 15) is 4.79 Å². The van der Waals surface area contributed by atoms with Gasteiger partial charge in [0.25, 0.3) is 0 Å². The number of hydrogen-bond acceptors (Lipinski definition) is 3. The Balaban J connectivity index is 2.30. The molecule has 0 aliphatic heterocycles. The van der Waals surface area contributed by atoms with Gasteiger partial charge in [0, 0.05) is 32.4 Å². The van der Waals surface area contributed by atoms with Gasteiger partial charge < -0.3 is 15.8 Å². The number of nitrogens with one attached hydrogen (secondary N) is 1. The lowest BCUT2D eigenvalue weighted by atomic mass is 10.1. The number of carbonyl (C=O) groups excluding carboxylic acids is 1. The lowest BCUT2D eigenvalue weighted by Crippen LogP contribution is -2.25. The number of benzene rings is 1. The molecule has 0 saturated heterocycles. The third kappa shape index (κ3) is 5.36. The van der Waals surface area contributed by atoms with Gasteiger partial charge in [-0.2, -0.15) is 0 Å². The van der Waals surface area contributed by atoms with E-state index in [1.54, 1.807) is 7.11 Å². The summed E-state index contributed by atoms with van der Waals surface area (Å²) in [6.07, 6.45) is 0.489. The van der Waals surface area contributed by atoms with Gasteiger partial charge in [-0.15, -0.1) is 0 Å². The summed E-state index contributed by atoms with van der Waals surface area (Å²) < 4.78 is 4.99. The molecule has 3 N–H and O–H groups in total. The second-order valence-corrected chi connectivity index (χ2v) is 4.28. The zero-order chi connectivity index (χ0) is 12.7. The van der Waals surface area contributed by atoms with E-state index < -0.39 is 0 Å². The number of hydrogen-bond donors (Lipinski definition) is 2. The van der Waals surface area contributed by atoms with Crippen LogP contribution in [0.3, 0.4) is 0 Å². The van der Waals surface area contributed by atoms with Crippen molar-refractivity contribution in [3.05, 3.63) is 29.8 Å². The molecule has 17 heavy (non-hydrogen) atoms. The van der Waals surface area contributed by atoms with Gasteiger partial charge in [0.1, 0.15) is 0 Å². The maximum Gasteiger partial charge on any atom is 0.220 e. The van der Waals surface area contributed by atoms with Gasteiger partial charge >= 0.3 is 0 Å². The molecule has 0 saturated carbocycles. The molecule has 0 aliphatic carbocycles. The molecule has 0 spiro atoms. The highest BCUT2D eigenvalue weighted by atomic mass is 16.5. The van der Waals surface area contributed by atoms with Crippen molar-refractivity contribution in [3.8, 4) is 0 Å². The van der Waals surface area contributed by atoms with Crippen molar-refractivity contribution in [3.63, 3.8) is 0 Å². The van der Waals surface area contributed by atoms with Crippen LogP contribution in [0.5, 0.6) is 0 Å². The van der Waals surface area contributed by atoms with Crippen LogP contribution < -0.4 is 11.1 Å². The molecule has 0 fully saturated rings. The molecule has 94 valence electrons. The Morgan fingerprint density at radius 3 is 2.65 bits per heavy atom. The quantitative estimate of drug-likeness (QED) is 0.737. The lowest BCUT2D eigenvalue weighted by Gasteiger charge is -2.10. The highest BCUT2D eigenvalue weighted by molar-refractivity contribution is 5.76. The topological polar surface area (TPSA) is 64.3 Å². The number of ether oxygens (including phenoxy) is 1. The normalized spacial score (nSPS) is 12.1. The number of nitrogen functional groups attached to an aromatic ring is 1. The minimum atomic E-state index is 0.0476. The number of methoxy groups -OCH3 is 1. The van der Waals surface area contributed by atoms with E-state index in [0.717, 1.165) is 11.3 Å². The Kier molecular flexibility index (Phi) is 5.49. The summed E-state index contributed by atoms with van der Waals surface area (Å²) in [5, 5.41) is 2.87. The Hall–Kier alpha value is -1.55. The monoisotopic (exact) mass is 236 g/mol. The molecule has 0 bridgehead atoms. The predicted octanol–water partition coefficient (Wildman–Crippen LogP) is 1.56. The van der Waals surface area contributed by atoms with Crippen LogP contribution in [-0.2, 0) is 16.1 Å². The first-order chi connectivity index (χ1) is 8.11. The molecule has 4 heteroatoms. The van der Waals surface area contributed by atoms with E-state index in [-0.39, 0.29) is 11.8 Å². The van der Waals surface area contributed by atoms with E-state index >= 15 is 0 Å². The van der Waals surface area contributed by atoms with Crippen molar-refractivity contribution >= 4 is 11.6 Å². The first-order valence-corrected chi connectivity index (χ1v) is 5.72. The summed E-state index contributed by atoms with van der Waals surface area (Å²) in [4.78, 5) is 11.6. The van der Waals surface area contributed by atoms with Crippen LogP contribution in [0.25, 0.3) is 0 Å². The molecule has 1 atom stereocenters. The first kappa shape index (κ1) is 13.5. The molecule has 0 aromatic heterocycles. The van der Waals surface area contributed by atoms with Gasteiger partial charge in [-0.1, -0.05) is 19.1 Å². The third-order valence-corrected chi connectivity index (χ3v) is 2.45. The fourth-order valence-electron chi connectivity index (χ4n) is 1.57. The van der Waals surface area contributed by atoms with E-state index in [1.165, 1.54) is 0 Å². The zero-order valence-electron chi connectivity index (χ0n) is 10.4. The maximum absolute atomic E-state index is 11.6. The Morgan fingerprint density at radius 1 is 1.41 bits per heavy atom. The van der Waals surface area contributed by atoms with Crippen molar-refractivity contribution in [2.45, 2.75) is 19.9 Å². The van der Waals surface area contributed by atoms with E-state index in [0.29, 0.717) is 19.6 Å². The second-order valence-electron chi connectivity index (χ2n) is 4.28. The summed E-state index contributed by atoms with van der Waals surface area (Å²) >= 11 is 0. The molecule has 0 aliphatic rings. The van der Waals surface area contributed by atoms with Gasteiger partial charge in [0.15, 0.2) is 0 Å². The standard InChI is InChI=1S/C13H20N2O2/c1-10(9-17-2)7-13(16)15-8-11-3-5-12(14)6-4-11/h3-6,10H,7-9,14H2,1-2H3,(H,15,16). The Labute approximate surface area is 102 Å². The SMILES string of the molecule is COCC(C)CC(=O)NCc1ccc(N)cc1. The average molecular weight is 236 g/mol. The molecule has 1 aromatic carbocycles. The van der Waals surface area contributed by atoms with Crippen molar-refractivity contribution in [2.75, 3.05) is 19.5 Å². The van der Waals surface area contributed by atoms with Gasteiger partial charge in [-0.05, 0) is 23.6 Å². The minimum Gasteiger partial charge on any atom is -0.399 e. The van der Waals surface area contributed by atoms with Crippen molar-refractivity contribution in [1.29, 1.82) is 0 Å². The molecular weight excluding hydrogens is 216 g/mol. The molecule has 1 rings (SSSR count). The van der Waals surface area contributed by atoms with Crippen molar-refractivity contribution < 1.29 is 9.53 Å². The number of rotatable bonds is 6. The second kappa shape index (κ2) is 6.91. The highest BCUT2D eigenvalue weighted by Crippen LogP contribution is 2.06. The number of amides is 1. The average Bonchev–Trinajstić information content (AvgIpc) is 2.28. The highest BCUT2D eigenvalue weighted by Gasteiger charge is 2.08. The molecule has 1 unspecified atom stereocenters. The molecule has 0 heterocycles. The summed E-state index contributed by atoms with van der Waals surface area (Å²) in [6, 6.07) is 7.48. The molecule has 1 aromatic rings. The van der Waals surface area contributed by atoms with Crippen LogP contribution in [0.15, 0.2) is 24.3 Å². The largest absolute Gasteiger partial charge is 0.399 e. The van der Waals surface area contributed by atoms with Crippen LogP contribution in [-0.4, -0.2) is 19.6 Å². The van der Waals surface area contributed by atoms with Crippen LogP contribution in [0.1, 0.15) is 18.9 Å². The van der Waals surface area contributed by atoms with Gasteiger partial charge in [-0.3, -0.25) is 4.79 Å². The fraction of sp³-hybridized carbons (Fsp3) is 0.462. The fourth-order valence-corrected chi connectivity index (χ4v) is 1.57. The number of carbonyl (C=O) groups is 1. The first-order valence-electron chi connectivity index (χ1n) is 5.72. The molecule has 1 amide bonds. The number of anilines is 1. The maximum atomic E-state index is 11.6. The van der Waals surface area contributed by atoms with Gasteiger partial charge in [0.05, 0.1) is 0 Å². The molecule has 4 nitrogen and oxygen atoms in total.